The number of hydrogen-bond donors (Lipinski definition) is 0. The fourth-order valence-corrected chi connectivity index (χ4v) is 0.928. The summed E-state index contributed by atoms with van der Waals surface area (Å²) in [7, 11) is 1.67. The third-order valence-corrected chi connectivity index (χ3v) is 1.62. The van der Waals surface area contributed by atoms with Gasteiger partial charge in [-0.25, -0.2) is 0 Å². The topological polar surface area (TPSA) is 21.6 Å². The lowest BCUT2D eigenvalue weighted by Gasteiger charge is -1.99. The molecule has 0 heterocycles. The Balaban J connectivity index is 2.64. The maximum absolute atomic E-state index is 5.04. The molecule has 2 nitrogen and oxygen atoms in total. The first-order chi connectivity index (χ1) is 5.86. The summed E-state index contributed by atoms with van der Waals surface area (Å²) in [5.41, 5.74) is 1.20. The van der Waals surface area contributed by atoms with Crippen LogP contribution in [0, 0.1) is 0 Å². The quantitative estimate of drug-likeness (QED) is 0.626. The van der Waals surface area contributed by atoms with E-state index in [1.807, 2.05) is 37.4 Å². The zero-order valence-electron chi connectivity index (χ0n) is 7.45. The molecule has 0 aromatic heterocycles. The van der Waals surface area contributed by atoms with Gasteiger partial charge in [0.15, 0.2) is 0 Å². The van der Waals surface area contributed by atoms with Crippen molar-refractivity contribution in [3.05, 3.63) is 29.8 Å². The number of aliphatic imine (C=N–C) groups is 1. The third kappa shape index (κ3) is 2.38. The van der Waals surface area contributed by atoms with Gasteiger partial charge < -0.3 is 4.74 Å². The summed E-state index contributed by atoms with van der Waals surface area (Å²) in [4.78, 5) is 4.13. The molecule has 0 aliphatic rings. The van der Waals surface area contributed by atoms with Crippen LogP contribution in [0.5, 0.6) is 5.75 Å². The van der Waals surface area contributed by atoms with Gasteiger partial charge in [-0.2, -0.15) is 0 Å². The van der Waals surface area contributed by atoms with Gasteiger partial charge in [-0.15, -0.1) is 0 Å². The van der Waals surface area contributed by atoms with Crippen LogP contribution >= 0.6 is 0 Å². The van der Waals surface area contributed by atoms with Crippen molar-refractivity contribution in [2.75, 3.05) is 7.11 Å². The van der Waals surface area contributed by atoms with Crippen molar-refractivity contribution in [3.63, 3.8) is 0 Å². The highest BCUT2D eigenvalue weighted by Crippen LogP contribution is 2.11. The molecule has 0 unspecified atom stereocenters. The summed E-state index contributed by atoms with van der Waals surface area (Å²) in [5, 5.41) is 0. The average molecular weight is 163 g/mol. The van der Waals surface area contributed by atoms with Gasteiger partial charge in [0, 0.05) is 0 Å². The van der Waals surface area contributed by atoms with E-state index in [1.54, 1.807) is 7.11 Å². The van der Waals surface area contributed by atoms with Gasteiger partial charge in [-0.1, -0.05) is 12.1 Å². The maximum Gasteiger partial charge on any atom is 0.118 e. The van der Waals surface area contributed by atoms with Gasteiger partial charge >= 0.3 is 0 Å². The van der Waals surface area contributed by atoms with Crippen LogP contribution in [0.4, 0.5) is 0 Å². The molecule has 0 radical (unpaired) electrons. The zero-order chi connectivity index (χ0) is 8.81. The zero-order valence-corrected chi connectivity index (χ0v) is 7.45. The van der Waals surface area contributed by atoms with Crippen LogP contribution in [0.3, 0.4) is 0 Å². The van der Waals surface area contributed by atoms with Crippen LogP contribution in [0.1, 0.15) is 12.5 Å². The van der Waals surface area contributed by atoms with E-state index >= 15 is 0 Å². The highest BCUT2D eigenvalue weighted by molar-refractivity contribution is 5.53. The second-order valence-corrected chi connectivity index (χ2v) is 2.45. The van der Waals surface area contributed by atoms with Gasteiger partial charge in [-0.05, 0) is 30.8 Å². The molecule has 0 saturated carbocycles. The predicted octanol–water partition coefficient (Wildman–Crippen LogP) is 2.29. The molecule has 0 atom stereocenters. The molecule has 1 aromatic rings. The minimum atomic E-state index is 0.750. The van der Waals surface area contributed by atoms with Crippen molar-refractivity contribution in [2.45, 2.75) is 13.5 Å². The fourth-order valence-electron chi connectivity index (χ4n) is 0.928. The average Bonchev–Trinajstić information content (AvgIpc) is 2.15. The Hall–Kier alpha value is -1.31. The molecule has 1 rings (SSSR count). The Bertz CT molecular complexity index is 251. The molecule has 2 heteroatoms. The number of benzene rings is 1. The number of nitrogens with zero attached hydrogens (tertiary/aromatic N) is 1. The van der Waals surface area contributed by atoms with Crippen molar-refractivity contribution in [2.24, 2.45) is 4.99 Å². The lowest BCUT2D eigenvalue weighted by molar-refractivity contribution is 0.414. The summed E-state index contributed by atoms with van der Waals surface area (Å²) in [6, 6.07) is 7.93. The molecule has 1 aromatic carbocycles. The molecular weight excluding hydrogens is 150 g/mol. The van der Waals surface area contributed by atoms with Gasteiger partial charge in [-0.3, -0.25) is 4.99 Å². The molecule has 64 valence electrons. The van der Waals surface area contributed by atoms with E-state index in [4.69, 9.17) is 4.74 Å². The van der Waals surface area contributed by atoms with Crippen molar-refractivity contribution in [1.82, 2.24) is 0 Å². The first-order valence-corrected chi connectivity index (χ1v) is 3.94. The molecular formula is C10H13NO. The summed E-state index contributed by atoms with van der Waals surface area (Å²) >= 11 is 0. The van der Waals surface area contributed by atoms with Crippen LogP contribution in [-0.4, -0.2) is 13.3 Å². The van der Waals surface area contributed by atoms with Crippen LogP contribution in [-0.2, 0) is 6.54 Å². The van der Waals surface area contributed by atoms with Gasteiger partial charge in [0.25, 0.3) is 0 Å². The van der Waals surface area contributed by atoms with E-state index in [0.29, 0.717) is 0 Å². The number of rotatable bonds is 3. The van der Waals surface area contributed by atoms with Crippen molar-refractivity contribution in [3.8, 4) is 5.75 Å². The molecule has 12 heavy (non-hydrogen) atoms. The Morgan fingerprint density at radius 3 is 2.50 bits per heavy atom. The summed E-state index contributed by atoms with van der Waals surface area (Å²) in [5.74, 6) is 0.888. The van der Waals surface area contributed by atoms with Crippen molar-refractivity contribution >= 4 is 6.21 Å². The highest BCUT2D eigenvalue weighted by atomic mass is 16.5. The minimum Gasteiger partial charge on any atom is -0.497 e. The van der Waals surface area contributed by atoms with E-state index in [9.17, 15) is 0 Å². The summed E-state index contributed by atoms with van der Waals surface area (Å²) < 4.78 is 5.04. The second kappa shape index (κ2) is 4.54. The standard InChI is InChI=1S/C10H13NO/c1-3-11-8-9-4-6-10(12-2)7-5-9/h3-7H,8H2,1-2H3. The molecule has 0 saturated heterocycles. The first-order valence-electron chi connectivity index (χ1n) is 3.94. The van der Waals surface area contributed by atoms with Crippen LogP contribution in [0.2, 0.25) is 0 Å². The number of hydrogen-bond acceptors (Lipinski definition) is 2. The molecule has 0 bridgehead atoms. The Kier molecular flexibility index (Phi) is 3.33. The third-order valence-electron chi connectivity index (χ3n) is 1.62. The maximum atomic E-state index is 5.04. The van der Waals surface area contributed by atoms with E-state index in [2.05, 4.69) is 4.99 Å². The van der Waals surface area contributed by atoms with E-state index in [1.165, 1.54) is 5.56 Å². The molecule has 0 aliphatic heterocycles. The summed E-state index contributed by atoms with van der Waals surface area (Å²) in [6.07, 6.45) is 1.81. The van der Waals surface area contributed by atoms with Crippen LogP contribution < -0.4 is 4.74 Å². The van der Waals surface area contributed by atoms with Crippen LogP contribution in [0.25, 0.3) is 0 Å². The lowest BCUT2D eigenvalue weighted by atomic mass is 10.2. The normalized spacial score (nSPS) is 10.5. The van der Waals surface area contributed by atoms with E-state index < -0.39 is 0 Å². The smallest absolute Gasteiger partial charge is 0.118 e. The van der Waals surface area contributed by atoms with E-state index in [-0.39, 0.29) is 0 Å². The molecule has 0 amide bonds. The minimum absolute atomic E-state index is 0.750. The highest BCUT2D eigenvalue weighted by Gasteiger charge is 1.91. The summed E-state index contributed by atoms with van der Waals surface area (Å²) in [6.45, 7) is 2.67. The molecule has 0 N–H and O–H groups in total. The van der Waals surface area contributed by atoms with Crippen molar-refractivity contribution < 1.29 is 4.74 Å². The Morgan fingerprint density at radius 1 is 1.33 bits per heavy atom. The largest absolute Gasteiger partial charge is 0.497 e. The van der Waals surface area contributed by atoms with Gasteiger partial charge in [0.2, 0.25) is 0 Å². The predicted molar refractivity (Wildman–Crippen MR) is 50.9 cm³/mol. The molecule has 0 aliphatic carbocycles. The van der Waals surface area contributed by atoms with Crippen LogP contribution in [0.15, 0.2) is 29.3 Å². The van der Waals surface area contributed by atoms with Gasteiger partial charge in [0.05, 0.1) is 13.7 Å². The lowest BCUT2D eigenvalue weighted by Crippen LogP contribution is -1.84. The molecule has 0 spiro atoms. The van der Waals surface area contributed by atoms with Crippen molar-refractivity contribution in [1.29, 1.82) is 0 Å². The Labute approximate surface area is 72.9 Å². The Morgan fingerprint density at radius 2 is 2.00 bits per heavy atom. The first kappa shape index (κ1) is 8.78. The SMILES string of the molecule is CC=NCc1ccc(OC)cc1. The molecule has 0 fully saturated rings. The monoisotopic (exact) mass is 163 g/mol. The van der Waals surface area contributed by atoms with E-state index in [0.717, 1.165) is 12.3 Å². The number of methoxy groups -OCH3 is 1. The second-order valence-electron chi connectivity index (χ2n) is 2.45. The number of ether oxygens (including phenoxy) is 1. The fraction of sp³-hybridized carbons (Fsp3) is 0.300. The van der Waals surface area contributed by atoms with Gasteiger partial charge in [0.1, 0.15) is 5.75 Å².